The highest BCUT2D eigenvalue weighted by Crippen LogP contribution is 2.31. The minimum absolute atomic E-state index is 0.0530. The van der Waals surface area contributed by atoms with Crippen molar-refractivity contribution >= 4 is 52.0 Å². The Labute approximate surface area is 147 Å². The van der Waals surface area contributed by atoms with Gasteiger partial charge in [-0.1, -0.05) is 23.2 Å². The van der Waals surface area contributed by atoms with E-state index in [9.17, 15) is 9.59 Å². The molecule has 0 unspecified atom stereocenters. The average molecular weight is 373 g/mol. The van der Waals surface area contributed by atoms with E-state index in [0.29, 0.717) is 32.2 Å². The molecule has 2 rings (SSSR count). The van der Waals surface area contributed by atoms with Crippen LogP contribution >= 0.6 is 34.5 Å². The maximum atomic E-state index is 12.1. The maximum absolute atomic E-state index is 12.1. The Bertz CT molecular complexity index is 701. The summed E-state index contributed by atoms with van der Waals surface area (Å²) in [4.78, 5) is 23.4. The first kappa shape index (κ1) is 17.6. The second-order valence-electron chi connectivity index (χ2n) is 4.46. The van der Waals surface area contributed by atoms with Gasteiger partial charge in [0.25, 0.3) is 11.8 Å². The summed E-state index contributed by atoms with van der Waals surface area (Å²) >= 11 is 12.9. The van der Waals surface area contributed by atoms with Gasteiger partial charge in [0.05, 0.1) is 9.90 Å². The van der Waals surface area contributed by atoms with E-state index in [-0.39, 0.29) is 18.4 Å². The summed E-state index contributed by atoms with van der Waals surface area (Å²) in [6, 6.07) is 8.20. The monoisotopic (exact) mass is 372 g/mol. The molecule has 2 aromatic rings. The summed E-state index contributed by atoms with van der Waals surface area (Å²) in [5.74, 6) is 0.00821. The topological polar surface area (TPSA) is 67.4 Å². The first-order valence-electron chi connectivity index (χ1n) is 6.75. The second-order valence-corrected chi connectivity index (χ2v) is 6.74. The molecule has 122 valence electrons. The van der Waals surface area contributed by atoms with Crippen molar-refractivity contribution in [2.45, 2.75) is 6.92 Å². The number of anilines is 1. The van der Waals surface area contributed by atoms with Gasteiger partial charge in [0.15, 0.2) is 6.61 Å². The summed E-state index contributed by atoms with van der Waals surface area (Å²) in [5, 5.41) is 5.35. The fraction of sp³-hybridized carbons (Fsp3) is 0.200. The van der Waals surface area contributed by atoms with Gasteiger partial charge in [-0.15, -0.1) is 11.3 Å². The van der Waals surface area contributed by atoms with Crippen molar-refractivity contribution in [3.63, 3.8) is 0 Å². The van der Waals surface area contributed by atoms with Crippen LogP contribution in [0.15, 0.2) is 30.3 Å². The lowest BCUT2D eigenvalue weighted by Gasteiger charge is -2.08. The molecule has 8 heteroatoms. The Hall–Kier alpha value is -1.76. The van der Waals surface area contributed by atoms with E-state index in [2.05, 4.69) is 10.6 Å². The van der Waals surface area contributed by atoms with Gasteiger partial charge in [0.2, 0.25) is 0 Å². The highest BCUT2D eigenvalue weighted by Gasteiger charge is 2.14. The summed E-state index contributed by atoms with van der Waals surface area (Å²) in [7, 11) is 0. The Balaban J connectivity index is 1.93. The fourth-order valence-electron chi connectivity index (χ4n) is 1.73. The number of ether oxygens (including phenoxy) is 1. The highest BCUT2D eigenvalue weighted by molar-refractivity contribution is 7.20. The minimum Gasteiger partial charge on any atom is -0.484 e. The molecule has 1 aromatic heterocycles. The third kappa shape index (κ3) is 5.13. The van der Waals surface area contributed by atoms with E-state index < -0.39 is 0 Å². The van der Waals surface area contributed by atoms with Crippen molar-refractivity contribution in [1.29, 1.82) is 0 Å². The van der Waals surface area contributed by atoms with Crippen LogP contribution in [0.3, 0.4) is 0 Å². The second kappa shape index (κ2) is 8.19. The first-order valence-corrected chi connectivity index (χ1v) is 8.32. The zero-order chi connectivity index (χ0) is 16.8. The number of halogens is 2. The smallest absolute Gasteiger partial charge is 0.258 e. The van der Waals surface area contributed by atoms with E-state index >= 15 is 0 Å². The SMILES string of the molecule is CCNC(=O)COc1ccc(NC(=O)c2cc(Cl)sc2Cl)cc1. The number of carbonyl (C=O) groups is 2. The predicted octanol–water partition coefficient (Wildman–Crippen LogP) is 3.82. The third-order valence-electron chi connectivity index (χ3n) is 2.76. The van der Waals surface area contributed by atoms with Crippen molar-refractivity contribution < 1.29 is 14.3 Å². The molecule has 5 nitrogen and oxygen atoms in total. The van der Waals surface area contributed by atoms with Crippen LogP contribution in [0.2, 0.25) is 8.67 Å². The Morgan fingerprint density at radius 2 is 1.91 bits per heavy atom. The molecule has 23 heavy (non-hydrogen) atoms. The number of carbonyl (C=O) groups excluding carboxylic acids is 2. The van der Waals surface area contributed by atoms with E-state index in [1.807, 2.05) is 6.92 Å². The molecule has 2 N–H and O–H groups in total. The molecule has 1 aromatic carbocycles. The van der Waals surface area contributed by atoms with Crippen molar-refractivity contribution in [2.75, 3.05) is 18.5 Å². The van der Waals surface area contributed by atoms with Crippen LogP contribution in [0.4, 0.5) is 5.69 Å². The molecule has 0 aliphatic carbocycles. The van der Waals surface area contributed by atoms with Crippen molar-refractivity contribution in [3.8, 4) is 5.75 Å². The molecule has 0 saturated heterocycles. The van der Waals surface area contributed by atoms with E-state index in [0.717, 1.165) is 11.3 Å². The molecule has 0 bridgehead atoms. The number of hydrogen-bond donors (Lipinski definition) is 2. The van der Waals surface area contributed by atoms with Crippen molar-refractivity contribution in [2.24, 2.45) is 0 Å². The third-order valence-corrected chi connectivity index (χ3v) is 4.24. The molecule has 0 atom stereocenters. The Kier molecular flexibility index (Phi) is 6.27. The standard InChI is InChI=1S/C15H14Cl2N2O3S/c1-2-18-13(20)8-22-10-5-3-9(4-6-10)19-15(21)11-7-12(16)23-14(11)17/h3-7H,2,8H2,1H3,(H,18,20)(H,19,21). The normalized spacial score (nSPS) is 10.2. The first-order chi connectivity index (χ1) is 11.0. The Morgan fingerprint density at radius 1 is 1.22 bits per heavy atom. The molecular weight excluding hydrogens is 359 g/mol. The van der Waals surface area contributed by atoms with Crippen molar-refractivity contribution in [3.05, 3.63) is 44.6 Å². The van der Waals surface area contributed by atoms with Crippen LogP contribution in [-0.2, 0) is 4.79 Å². The number of hydrogen-bond acceptors (Lipinski definition) is 4. The lowest BCUT2D eigenvalue weighted by Crippen LogP contribution is -2.28. The van der Waals surface area contributed by atoms with Gasteiger partial charge in [0.1, 0.15) is 10.1 Å². The van der Waals surface area contributed by atoms with Gasteiger partial charge in [-0.3, -0.25) is 9.59 Å². The molecule has 0 aliphatic heterocycles. The largest absolute Gasteiger partial charge is 0.484 e. The van der Waals surface area contributed by atoms with Gasteiger partial charge < -0.3 is 15.4 Å². The molecule has 0 spiro atoms. The number of thiophene rings is 1. The molecule has 0 saturated carbocycles. The maximum Gasteiger partial charge on any atom is 0.258 e. The predicted molar refractivity (Wildman–Crippen MR) is 92.9 cm³/mol. The van der Waals surface area contributed by atoms with Gasteiger partial charge >= 0.3 is 0 Å². The zero-order valence-corrected chi connectivity index (χ0v) is 14.5. The Morgan fingerprint density at radius 3 is 2.48 bits per heavy atom. The molecule has 0 aliphatic rings. The van der Waals surface area contributed by atoms with Gasteiger partial charge in [-0.2, -0.15) is 0 Å². The zero-order valence-electron chi connectivity index (χ0n) is 12.2. The number of nitrogens with one attached hydrogen (secondary N) is 2. The van der Waals surface area contributed by atoms with Crippen LogP contribution in [0.25, 0.3) is 0 Å². The van der Waals surface area contributed by atoms with E-state index in [1.54, 1.807) is 24.3 Å². The highest BCUT2D eigenvalue weighted by atomic mass is 35.5. The summed E-state index contributed by atoms with van der Waals surface area (Å²) < 4.78 is 6.12. The molecule has 2 amide bonds. The summed E-state index contributed by atoms with van der Waals surface area (Å²) in [6.45, 7) is 2.34. The number of amides is 2. The summed E-state index contributed by atoms with van der Waals surface area (Å²) in [5.41, 5.74) is 0.914. The number of likely N-dealkylation sites (N-methyl/N-ethyl adjacent to an activating group) is 1. The van der Waals surface area contributed by atoms with Gasteiger partial charge in [-0.25, -0.2) is 0 Å². The lowest BCUT2D eigenvalue weighted by atomic mass is 10.2. The van der Waals surface area contributed by atoms with E-state index in [1.165, 1.54) is 6.07 Å². The van der Waals surface area contributed by atoms with Crippen LogP contribution in [0.1, 0.15) is 17.3 Å². The average Bonchev–Trinajstić information content (AvgIpc) is 2.85. The fourth-order valence-corrected chi connectivity index (χ4v) is 3.18. The molecular formula is C15H14Cl2N2O3S. The van der Waals surface area contributed by atoms with Crippen LogP contribution in [-0.4, -0.2) is 25.0 Å². The van der Waals surface area contributed by atoms with Gasteiger partial charge in [0, 0.05) is 12.2 Å². The minimum atomic E-state index is -0.339. The number of rotatable bonds is 6. The lowest BCUT2D eigenvalue weighted by molar-refractivity contribution is -0.122. The quantitative estimate of drug-likeness (QED) is 0.809. The van der Waals surface area contributed by atoms with Crippen LogP contribution in [0, 0.1) is 0 Å². The van der Waals surface area contributed by atoms with Crippen LogP contribution < -0.4 is 15.4 Å². The molecule has 1 heterocycles. The number of benzene rings is 1. The molecule has 0 fully saturated rings. The molecule has 0 radical (unpaired) electrons. The van der Waals surface area contributed by atoms with Crippen molar-refractivity contribution in [1.82, 2.24) is 5.32 Å². The van der Waals surface area contributed by atoms with E-state index in [4.69, 9.17) is 27.9 Å². The van der Waals surface area contributed by atoms with Crippen LogP contribution in [0.5, 0.6) is 5.75 Å². The summed E-state index contributed by atoms with van der Waals surface area (Å²) in [6.07, 6.45) is 0. The van der Waals surface area contributed by atoms with Gasteiger partial charge in [-0.05, 0) is 37.3 Å².